The Kier molecular flexibility index (Phi) is 2.55. The van der Waals surface area contributed by atoms with Gasteiger partial charge in [-0.15, -0.1) is 0 Å². The summed E-state index contributed by atoms with van der Waals surface area (Å²) in [7, 11) is 0. The van der Waals surface area contributed by atoms with E-state index in [1.54, 1.807) is 0 Å². The van der Waals surface area contributed by atoms with E-state index in [9.17, 15) is 4.79 Å². The van der Waals surface area contributed by atoms with Gasteiger partial charge in [0.15, 0.2) is 0 Å². The van der Waals surface area contributed by atoms with Crippen LogP contribution in [0.2, 0.25) is 0 Å². The van der Waals surface area contributed by atoms with E-state index in [0.29, 0.717) is 17.3 Å². The van der Waals surface area contributed by atoms with Crippen molar-refractivity contribution in [2.45, 2.75) is 20.3 Å². The Morgan fingerprint density at radius 3 is 2.74 bits per heavy atom. The van der Waals surface area contributed by atoms with Crippen molar-refractivity contribution >= 4 is 27.8 Å². The molecule has 0 aliphatic heterocycles. The van der Waals surface area contributed by atoms with Crippen molar-refractivity contribution < 1.29 is 0 Å². The van der Waals surface area contributed by atoms with Gasteiger partial charge in [-0.25, -0.2) is 9.78 Å². The van der Waals surface area contributed by atoms with Gasteiger partial charge in [-0.1, -0.05) is 26.0 Å². The van der Waals surface area contributed by atoms with Gasteiger partial charge in [0.2, 0.25) is 0 Å². The zero-order valence-corrected chi connectivity index (χ0v) is 10.9. The van der Waals surface area contributed by atoms with E-state index in [-0.39, 0.29) is 5.69 Å². The Hall–Kier alpha value is -2.30. The summed E-state index contributed by atoms with van der Waals surface area (Å²) in [4.78, 5) is 21.2. The summed E-state index contributed by atoms with van der Waals surface area (Å²) in [5.41, 5.74) is 8.97. The summed E-state index contributed by atoms with van der Waals surface area (Å²) >= 11 is 0. The lowest BCUT2D eigenvalue weighted by atomic mass is 10.0. The van der Waals surface area contributed by atoms with Crippen LogP contribution in [0.25, 0.3) is 21.9 Å². The van der Waals surface area contributed by atoms with Gasteiger partial charge in [0.1, 0.15) is 11.3 Å². The van der Waals surface area contributed by atoms with E-state index in [1.165, 1.54) is 5.56 Å². The Morgan fingerprint density at radius 2 is 2.00 bits per heavy atom. The topological polar surface area (TPSA) is 87.6 Å². The van der Waals surface area contributed by atoms with Crippen LogP contribution >= 0.6 is 0 Å². The summed E-state index contributed by atoms with van der Waals surface area (Å²) in [6.45, 7) is 4.36. The SMILES string of the molecule is CC(C)Cc1ccc2c(c1)nc(N)c1[nH]c(=O)[nH]c12. The summed E-state index contributed by atoms with van der Waals surface area (Å²) in [6.07, 6.45) is 0.999. The molecule has 0 radical (unpaired) electrons. The molecule has 3 aromatic rings. The fourth-order valence-electron chi connectivity index (χ4n) is 2.44. The second kappa shape index (κ2) is 4.12. The summed E-state index contributed by atoms with van der Waals surface area (Å²) in [5, 5.41) is 0.912. The van der Waals surface area contributed by atoms with E-state index in [2.05, 4.69) is 34.9 Å². The fourth-order valence-corrected chi connectivity index (χ4v) is 2.44. The van der Waals surface area contributed by atoms with Gasteiger partial charge < -0.3 is 15.7 Å². The smallest absolute Gasteiger partial charge is 0.323 e. The molecule has 0 aliphatic rings. The minimum Gasteiger partial charge on any atom is -0.382 e. The zero-order chi connectivity index (χ0) is 13.6. The molecule has 0 bridgehead atoms. The molecule has 2 heterocycles. The summed E-state index contributed by atoms with van der Waals surface area (Å²) in [5.74, 6) is 0.938. The van der Waals surface area contributed by atoms with Crippen molar-refractivity contribution in [2.75, 3.05) is 5.73 Å². The first kappa shape index (κ1) is 11.8. The molecule has 0 amide bonds. The predicted molar refractivity (Wildman–Crippen MR) is 77.2 cm³/mol. The number of imidazole rings is 1. The Labute approximate surface area is 109 Å². The Morgan fingerprint density at radius 1 is 1.26 bits per heavy atom. The van der Waals surface area contributed by atoms with E-state index >= 15 is 0 Å². The number of nitrogen functional groups attached to an aromatic ring is 1. The number of fused-ring (bicyclic) bond motifs is 3. The highest BCUT2D eigenvalue weighted by atomic mass is 16.1. The number of benzene rings is 1. The van der Waals surface area contributed by atoms with Crippen LogP contribution in [-0.2, 0) is 6.42 Å². The second-order valence-electron chi connectivity index (χ2n) is 5.28. The van der Waals surface area contributed by atoms with Crippen LogP contribution < -0.4 is 11.4 Å². The van der Waals surface area contributed by atoms with Gasteiger partial charge in [0.25, 0.3) is 0 Å². The van der Waals surface area contributed by atoms with E-state index < -0.39 is 0 Å². The normalized spacial score (nSPS) is 11.7. The van der Waals surface area contributed by atoms with Crippen molar-refractivity contribution in [2.24, 2.45) is 5.92 Å². The minimum atomic E-state index is -0.262. The molecule has 4 N–H and O–H groups in total. The predicted octanol–water partition coefficient (Wildman–Crippen LogP) is 2.19. The van der Waals surface area contributed by atoms with Crippen LogP contribution in [0.3, 0.4) is 0 Å². The summed E-state index contributed by atoms with van der Waals surface area (Å²) in [6, 6.07) is 6.10. The van der Waals surface area contributed by atoms with Crippen LogP contribution in [0, 0.1) is 5.92 Å². The first-order chi connectivity index (χ1) is 9.04. The molecule has 98 valence electrons. The molecule has 1 aromatic carbocycles. The van der Waals surface area contributed by atoms with Crippen LogP contribution in [0.15, 0.2) is 23.0 Å². The quantitative estimate of drug-likeness (QED) is 0.656. The average Bonchev–Trinajstić information content (AvgIpc) is 2.70. The number of aromatic amines is 2. The molecular weight excluding hydrogens is 240 g/mol. The lowest BCUT2D eigenvalue weighted by Crippen LogP contribution is -1.99. The summed E-state index contributed by atoms with van der Waals surface area (Å²) < 4.78 is 0. The monoisotopic (exact) mass is 256 g/mol. The van der Waals surface area contributed by atoms with Crippen molar-refractivity contribution in [3.05, 3.63) is 34.2 Å². The van der Waals surface area contributed by atoms with Gasteiger partial charge in [0.05, 0.1) is 11.0 Å². The van der Waals surface area contributed by atoms with Gasteiger partial charge in [-0.3, -0.25) is 0 Å². The van der Waals surface area contributed by atoms with Crippen molar-refractivity contribution in [1.29, 1.82) is 0 Å². The molecule has 5 heteroatoms. The van der Waals surface area contributed by atoms with Crippen LogP contribution in [0.5, 0.6) is 0 Å². The molecule has 0 spiro atoms. The molecule has 5 nitrogen and oxygen atoms in total. The van der Waals surface area contributed by atoms with Crippen molar-refractivity contribution in [1.82, 2.24) is 15.0 Å². The minimum absolute atomic E-state index is 0.262. The second-order valence-corrected chi connectivity index (χ2v) is 5.28. The van der Waals surface area contributed by atoms with Crippen molar-refractivity contribution in [3.63, 3.8) is 0 Å². The number of hydrogen-bond acceptors (Lipinski definition) is 3. The maximum absolute atomic E-state index is 11.4. The largest absolute Gasteiger partial charge is 0.382 e. The first-order valence-corrected chi connectivity index (χ1v) is 6.34. The molecule has 19 heavy (non-hydrogen) atoms. The standard InChI is InChI=1S/C14H16N4O/c1-7(2)5-8-3-4-9-10(6-8)16-13(15)12-11(9)17-14(19)18-12/h3-4,6-7H,5H2,1-2H3,(H2,15,16)(H2,17,18,19). The molecule has 0 fully saturated rings. The van der Waals surface area contributed by atoms with Crippen LogP contribution in [-0.4, -0.2) is 15.0 Å². The van der Waals surface area contributed by atoms with E-state index in [4.69, 9.17) is 5.73 Å². The number of nitrogens with two attached hydrogens (primary N) is 1. The number of aromatic nitrogens is 3. The average molecular weight is 256 g/mol. The van der Waals surface area contributed by atoms with Gasteiger partial charge in [-0.05, 0) is 24.0 Å². The molecule has 0 saturated heterocycles. The number of H-pyrrole nitrogens is 2. The number of hydrogen-bond donors (Lipinski definition) is 3. The number of rotatable bonds is 2. The Bertz CT molecular complexity index is 813. The number of pyridine rings is 1. The molecule has 3 rings (SSSR count). The third-order valence-corrected chi connectivity index (χ3v) is 3.20. The van der Waals surface area contributed by atoms with Gasteiger partial charge in [0, 0.05) is 5.39 Å². The third kappa shape index (κ3) is 1.97. The maximum Gasteiger partial charge on any atom is 0.323 e. The molecule has 0 saturated carbocycles. The Balaban J connectivity index is 2.30. The van der Waals surface area contributed by atoms with Gasteiger partial charge >= 0.3 is 5.69 Å². The fraction of sp³-hybridized carbons (Fsp3) is 0.286. The van der Waals surface area contributed by atoms with Crippen molar-refractivity contribution in [3.8, 4) is 0 Å². The lowest BCUT2D eigenvalue weighted by Gasteiger charge is -2.07. The molecular formula is C14H16N4O. The molecule has 2 aromatic heterocycles. The number of nitrogens with zero attached hydrogens (tertiary/aromatic N) is 1. The lowest BCUT2D eigenvalue weighted by molar-refractivity contribution is 0.648. The highest BCUT2D eigenvalue weighted by molar-refractivity contribution is 6.05. The first-order valence-electron chi connectivity index (χ1n) is 6.34. The third-order valence-electron chi connectivity index (χ3n) is 3.20. The van der Waals surface area contributed by atoms with E-state index in [1.807, 2.05) is 12.1 Å². The highest BCUT2D eigenvalue weighted by Crippen LogP contribution is 2.25. The maximum atomic E-state index is 11.4. The van der Waals surface area contributed by atoms with Crippen LogP contribution in [0.4, 0.5) is 5.82 Å². The highest BCUT2D eigenvalue weighted by Gasteiger charge is 2.10. The number of anilines is 1. The zero-order valence-electron chi connectivity index (χ0n) is 10.9. The molecule has 0 atom stereocenters. The number of nitrogens with one attached hydrogen (secondary N) is 2. The van der Waals surface area contributed by atoms with E-state index in [0.717, 1.165) is 22.8 Å². The van der Waals surface area contributed by atoms with Crippen LogP contribution in [0.1, 0.15) is 19.4 Å². The molecule has 0 aliphatic carbocycles. The molecule has 0 unspecified atom stereocenters. The van der Waals surface area contributed by atoms with Gasteiger partial charge in [-0.2, -0.15) is 0 Å².